The van der Waals surface area contributed by atoms with Crippen LogP contribution in [0.5, 0.6) is 0 Å². The van der Waals surface area contributed by atoms with Crippen molar-refractivity contribution in [2.45, 2.75) is 6.43 Å². The molecule has 0 atom stereocenters. The summed E-state index contributed by atoms with van der Waals surface area (Å²) in [6.45, 7) is 0. The van der Waals surface area contributed by atoms with E-state index in [2.05, 4.69) is 5.10 Å². The van der Waals surface area contributed by atoms with Crippen LogP contribution < -0.4 is 0 Å². The van der Waals surface area contributed by atoms with Gasteiger partial charge in [0.05, 0.1) is 11.8 Å². The van der Waals surface area contributed by atoms with E-state index in [1.807, 2.05) is 0 Å². The molecular formula is C5H6F2N2. The summed E-state index contributed by atoms with van der Waals surface area (Å²) in [5.41, 5.74) is -0.0301. The van der Waals surface area contributed by atoms with Crippen molar-refractivity contribution in [2.24, 2.45) is 7.05 Å². The van der Waals surface area contributed by atoms with Gasteiger partial charge in [-0.1, -0.05) is 0 Å². The maximum atomic E-state index is 11.7. The molecule has 2 nitrogen and oxygen atoms in total. The smallest absolute Gasteiger partial charge is 0.266 e. The van der Waals surface area contributed by atoms with Crippen molar-refractivity contribution in [1.82, 2.24) is 9.78 Å². The minimum atomic E-state index is -2.40. The van der Waals surface area contributed by atoms with Crippen LogP contribution in [-0.4, -0.2) is 9.78 Å². The molecule has 0 aliphatic heterocycles. The fourth-order valence-electron chi connectivity index (χ4n) is 0.553. The zero-order valence-corrected chi connectivity index (χ0v) is 4.88. The lowest BCUT2D eigenvalue weighted by atomic mass is 10.4. The highest BCUT2D eigenvalue weighted by molar-refractivity contribution is 5.04. The topological polar surface area (TPSA) is 17.8 Å². The van der Waals surface area contributed by atoms with Crippen LogP contribution in [0.25, 0.3) is 0 Å². The first-order valence-electron chi connectivity index (χ1n) is 2.47. The first kappa shape index (κ1) is 6.19. The van der Waals surface area contributed by atoms with Gasteiger partial charge >= 0.3 is 0 Å². The fourth-order valence-corrected chi connectivity index (χ4v) is 0.553. The number of rotatable bonds is 1. The van der Waals surface area contributed by atoms with Gasteiger partial charge in [0, 0.05) is 13.2 Å². The summed E-state index contributed by atoms with van der Waals surface area (Å²) in [6.07, 6.45) is 0.0497. The molecule has 1 heterocycles. The molecular weight excluding hydrogens is 126 g/mol. The molecule has 0 unspecified atom stereocenters. The SMILES string of the molecule is Cn1cc(C(F)F)cn1. The van der Waals surface area contributed by atoms with Crippen molar-refractivity contribution in [3.05, 3.63) is 18.0 Å². The molecule has 0 radical (unpaired) electrons. The Morgan fingerprint density at radius 2 is 2.33 bits per heavy atom. The molecule has 4 heteroatoms. The number of hydrogen-bond donors (Lipinski definition) is 0. The lowest BCUT2D eigenvalue weighted by Gasteiger charge is -1.87. The monoisotopic (exact) mass is 132 g/mol. The second kappa shape index (κ2) is 2.13. The standard InChI is InChI=1S/C5H6F2N2/c1-9-3-4(2-8-9)5(6)7/h2-3,5H,1H3. The van der Waals surface area contributed by atoms with Gasteiger partial charge in [0.25, 0.3) is 6.43 Å². The third-order valence-electron chi connectivity index (χ3n) is 0.977. The summed E-state index contributed by atoms with van der Waals surface area (Å²) in [4.78, 5) is 0. The van der Waals surface area contributed by atoms with Crippen molar-refractivity contribution < 1.29 is 8.78 Å². The summed E-state index contributed by atoms with van der Waals surface area (Å²) in [5.74, 6) is 0. The van der Waals surface area contributed by atoms with E-state index in [4.69, 9.17) is 0 Å². The molecule has 0 fully saturated rings. The van der Waals surface area contributed by atoms with E-state index < -0.39 is 6.43 Å². The number of halogens is 2. The van der Waals surface area contributed by atoms with Crippen molar-refractivity contribution in [3.63, 3.8) is 0 Å². The molecule has 0 amide bonds. The average molecular weight is 132 g/mol. The number of aryl methyl sites for hydroxylation is 1. The minimum Gasteiger partial charge on any atom is -0.275 e. The second-order valence-corrected chi connectivity index (χ2v) is 1.75. The molecule has 0 saturated heterocycles. The summed E-state index contributed by atoms with van der Waals surface area (Å²) < 4.78 is 24.8. The maximum Gasteiger partial charge on any atom is 0.266 e. The van der Waals surface area contributed by atoms with Crippen LogP contribution in [-0.2, 0) is 7.05 Å². The van der Waals surface area contributed by atoms with Crippen molar-refractivity contribution in [2.75, 3.05) is 0 Å². The molecule has 0 aliphatic rings. The second-order valence-electron chi connectivity index (χ2n) is 1.75. The summed E-state index contributed by atoms with van der Waals surface area (Å²) in [6, 6.07) is 0. The first-order chi connectivity index (χ1) is 4.20. The van der Waals surface area contributed by atoms with Crippen LogP contribution in [0.15, 0.2) is 12.4 Å². The molecule has 0 saturated carbocycles. The first-order valence-corrected chi connectivity index (χ1v) is 2.47. The Hall–Kier alpha value is -0.930. The lowest BCUT2D eigenvalue weighted by molar-refractivity contribution is 0.151. The normalized spacial score (nSPS) is 10.7. The van der Waals surface area contributed by atoms with E-state index in [1.54, 1.807) is 7.05 Å². The van der Waals surface area contributed by atoms with E-state index in [0.717, 1.165) is 6.20 Å². The highest BCUT2D eigenvalue weighted by atomic mass is 19.3. The fraction of sp³-hybridized carbons (Fsp3) is 0.400. The third kappa shape index (κ3) is 1.25. The molecule has 9 heavy (non-hydrogen) atoms. The van der Waals surface area contributed by atoms with Gasteiger partial charge in [-0.15, -0.1) is 0 Å². The molecule has 0 aromatic carbocycles. The van der Waals surface area contributed by atoms with Gasteiger partial charge in [-0.3, -0.25) is 4.68 Å². The quantitative estimate of drug-likeness (QED) is 0.564. The van der Waals surface area contributed by atoms with Gasteiger partial charge in [-0.25, -0.2) is 8.78 Å². The average Bonchev–Trinajstić information content (AvgIpc) is 2.14. The molecule has 1 aromatic heterocycles. The van der Waals surface area contributed by atoms with Crippen molar-refractivity contribution in [3.8, 4) is 0 Å². The minimum absolute atomic E-state index is 0.0301. The Morgan fingerprint density at radius 3 is 2.56 bits per heavy atom. The van der Waals surface area contributed by atoms with Crippen LogP contribution >= 0.6 is 0 Å². The predicted octanol–water partition coefficient (Wildman–Crippen LogP) is 1.36. The Morgan fingerprint density at radius 1 is 1.67 bits per heavy atom. The Kier molecular flexibility index (Phi) is 1.46. The van der Waals surface area contributed by atoms with Gasteiger partial charge in [-0.2, -0.15) is 5.10 Å². The number of aromatic nitrogens is 2. The Labute approximate surface area is 51.1 Å². The Bertz CT molecular complexity index is 195. The molecule has 0 spiro atoms. The van der Waals surface area contributed by atoms with Crippen molar-refractivity contribution >= 4 is 0 Å². The highest BCUT2D eigenvalue weighted by Crippen LogP contribution is 2.16. The van der Waals surface area contributed by atoms with E-state index in [-0.39, 0.29) is 5.56 Å². The zero-order chi connectivity index (χ0) is 6.85. The van der Waals surface area contributed by atoms with E-state index in [0.29, 0.717) is 0 Å². The highest BCUT2D eigenvalue weighted by Gasteiger charge is 2.07. The van der Waals surface area contributed by atoms with Gasteiger partial charge in [-0.05, 0) is 0 Å². The summed E-state index contributed by atoms with van der Waals surface area (Å²) >= 11 is 0. The molecule has 1 rings (SSSR count). The number of hydrogen-bond acceptors (Lipinski definition) is 1. The van der Waals surface area contributed by atoms with E-state index in [9.17, 15) is 8.78 Å². The molecule has 0 N–H and O–H groups in total. The largest absolute Gasteiger partial charge is 0.275 e. The van der Waals surface area contributed by atoms with Gasteiger partial charge in [0.1, 0.15) is 0 Å². The summed E-state index contributed by atoms with van der Waals surface area (Å²) in [7, 11) is 1.60. The van der Waals surface area contributed by atoms with Crippen LogP contribution in [0.1, 0.15) is 12.0 Å². The van der Waals surface area contributed by atoms with E-state index >= 15 is 0 Å². The lowest BCUT2D eigenvalue weighted by Crippen LogP contribution is -1.84. The molecule has 0 bridgehead atoms. The third-order valence-corrected chi connectivity index (χ3v) is 0.977. The van der Waals surface area contributed by atoms with Gasteiger partial charge in [0.15, 0.2) is 0 Å². The van der Waals surface area contributed by atoms with E-state index in [1.165, 1.54) is 10.9 Å². The van der Waals surface area contributed by atoms with Gasteiger partial charge in [0.2, 0.25) is 0 Å². The Balaban J connectivity index is 2.85. The van der Waals surface area contributed by atoms with Crippen molar-refractivity contribution in [1.29, 1.82) is 0 Å². The van der Waals surface area contributed by atoms with Crippen LogP contribution in [0.4, 0.5) is 8.78 Å². The van der Waals surface area contributed by atoms with Crippen LogP contribution in [0.3, 0.4) is 0 Å². The zero-order valence-electron chi connectivity index (χ0n) is 4.88. The van der Waals surface area contributed by atoms with Gasteiger partial charge < -0.3 is 0 Å². The number of alkyl halides is 2. The van der Waals surface area contributed by atoms with Crippen LogP contribution in [0.2, 0.25) is 0 Å². The summed E-state index contributed by atoms with van der Waals surface area (Å²) in [5, 5.41) is 3.57. The van der Waals surface area contributed by atoms with Crippen LogP contribution in [0, 0.1) is 0 Å². The number of nitrogens with zero attached hydrogens (tertiary/aromatic N) is 2. The molecule has 0 aliphatic carbocycles. The predicted molar refractivity (Wildman–Crippen MR) is 28.2 cm³/mol. The molecule has 1 aromatic rings. The maximum absolute atomic E-state index is 11.7. The molecule has 50 valence electrons.